The minimum Gasteiger partial charge on any atom is -0.492 e. The molecule has 244 valence electrons. The predicted molar refractivity (Wildman–Crippen MR) is 166 cm³/mol. The van der Waals surface area contributed by atoms with Crippen molar-refractivity contribution in [2.24, 2.45) is 29.4 Å². The summed E-state index contributed by atoms with van der Waals surface area (Å²) >= 11 is 0. The minimum absolute atomic E-state index is 0.0569. The van der Waals surface area contributed by atoms with Crippen LogP contribution < -0.4 is 15.8 Å². The Morgan fingerprint density at radius 2 is 1.85 bits per heavy atom. The number of benzene rings is 2. The maximum absolute atomic E-state index is 14.4. The Morgan fingerprint density at radius 1 is 1.13 bits per heavy atom. The first kappa shape index (κ1) is 32.0. The topological polar surface area (TPSA) is 176 Å². The summed E-state index contributed by atoms with van der Waals surface area (Å²) in [7, 11) is 3.16. The molecule has 12 heteroatoms. The predicted octanol–water partition coefficient (Wildman–Crippen LogP) is 0.424. The third-order valence-electron chi connectivity index (χ3n) is 10.1. The number of carbonyl (C=O) groups is 6. The van der Waals surface area contributed by atoms with Gasteiger partial charge in [-0.15, -0.1) is 0 Å². The highest BCUT2D eigenvalue weighted by Gasteiger charge is 2.69. The van der Waals surface area contributed by atoms with Crippen molar-refractivity contribution in [1.29, 1.82) is 0 Å². The molecule has 12 nitrogen and oxygen atoms in total. The number of aliphatic hydroxyl groups is 1. The highest BCUT2D eigenvalue weighted by molar-refractivity contribution is 6.32. The number of nitrogens with two attached hydrogens (primary N) is 1. The number of nitrogens with one attached hydrogen (secondary N) is 1. The van der Waals surface area contributed by atoms with Gasteiger partial charge in [-0.3, -0.25) is 38.6 Å². The second kappa shape index (κ2) is 11.7. The number of likely N-dealkylation sites (tertiary alicyclic amines) is 1. The number of Topliss-reactive ketones (excluding diaryl/α,β-unsaturated/α-hetero) is 4. The fourth-order valence-electron chi connectivity index (χ4n) is 8.19. The Labute approximate surface area is 266 Å². The first-order valence-corrected chi connectivity index (χ1v) is 15.8. The Bertz CT molecular complexity index is 1680. The number of ketones is 4. The summed E-state index contributed by atoms with van der Waals surface area (Å²) in [5.74, 6) is -9.46. The second-order valence-corrected chi connectivity index (χ2v) is 13.5. The quantitative estimate of drug-likeness (QED) is 0.346. The smallest absolute Gasteiger partial charge is 0.235 e. The van der Waals surface area contributed by atoms with Crippen molar-refractivity contribution < 1.29 is 38.6 Å². The van der Waals surface area contributed by atoms with Crippen LogP contribution in [-0.2, 0) is 36.9 Å². The standard InChI is InChI=1S/C34H40N4O8/c1-5-8-46-30-22-9-17(13-38-14-21(15-38)36-16(2)39)6-7-18(22)10-19-11-20-12-23-27(37(3)4)29(41)26(33(35)44)32(43)34(23,45)31(42)25(20)28(40)24(19)30/h6-7,9-10,20-21,23,25-27,45H,5,8,11-15H2,1-4H3,(H2,35,44)(H,36,39). The highest BCUT2D eigenvalue weighted by atomic mass is 16.5. The molecule has 3 aliphatic carbocycles. The number of fused-ring (bicyclic) bond motifs is 4. The molecule has 0 bridgehead atoms. The Kier molecular flexibility index (Phi) is 8.10. The number of carbonyl (C=O) groups excluding carboxylic acids is 6. The van der Waals surface area contributed by atoms with Gasteiger partial charge in [0.1, 0.15) is 5.75 Å². The van der Waals surface area contributed by atoms with Crippen molar-refractivity contribution in [3.8, 4) is 5.75 Å². The number of amides is 2. The average molecular weight is 633 g/mol. The number of rotatable bonds is 8. The lowest BCUT2D eigenvalue weighted by molar-refractivity contribution is -0.181. The van der Waals surface area contributed by atoms with E-state index in [1.165, 1.54) is 11.8 Å². The molecule has 2 aromatic carbocycles. The Balaban J connectivity index is 1.39. The van der Waals surface area contributed by atoms with Crippen LogP contribution in [-0.4, -0.2) is 101 Å². The van der Waals surface area contributed by atoms with E-state index in [9.17, 15) is 33.9 Å². The molecule has 4 N–H and O–H groups in total. The van der Waals surface area contributed by atoms with E-state index in [1.54, 1.807) is 14.1 Å². The van der Waals surface area contributed by atoms with Crippen LogP contribution in [0, 0.1) is 23.7 Å². The molecular weight excluding hydrogens is 592 g/mol. The van der Waals surface area contributed by atoms with Crippen LogP contribution >= 0.6 is 0 Å². The molecule has 2 amide bonds. The van der Waals surface area contributed by atoms with Gasteiger partial charge in [-0.2, -0.15) is 0 Å². The van der Waals surface area contributed by atoms with E-state index < -0.39 is 64.4 Å². The number of ether oxygens (including phenoxy) is 1. The largest absolute Gasteiger partial charge is 0.492 e. The van der Waals surface area contributed by atoms with Crippen molar-refractivity contribution in [2.75, 3.05) is 33.8 Å². The van der Waals surface area contributed by atoms with Crippen molar-refractivity contribution in [1.82, 2.24) is 15.1 Å². The van der Waals surface area contributed by atoms with Crippen LogP contribution in [0.5, 0.6) is 5.75 Å². The van der Waals surface area contributed by atoms with Gasteiger partial charge in [0.05, 0.1) is 30.2 Å². The molecule has 6 atom stereocenters. The molecule has 3 fully saturated rings. The fourth-order valence-corrected chi connectivity index (χ4v) is 8.19. The van der Waals surface area contributed by atoms with Gasteiger partial charge in [-0.05, 0) is 61.9 Å². The monoisotopic (exact) mass is 632 g/mol. The molecule has 1 saturated heterocycles. The van der Waals surface area contributed by atoms with E-state index in [2.05, 4.69) is 10.2 Å². The van der Waals surface area contributed by atoms with Crippen LogP contribution in [0.1, 0.15) is 48.2 Å². The average Bonchev–Trinajstić information content (AvgIpc) is 2.95. The van der Waals surface area contributed by atoms with Gasteiger partial charge in [0.2, 0.25) is 11.8 Å². The zero-order valence-electron chi connectivity index (χ0n) is 26.5. The molecule has 1 aliphatic heterocycles. The lowest BCUT2D eigenvalue weighted by Gasteiger charge is -2.52. The lowest BCUT2D eigenvalue weighted by atomic mass is 9.52. The number of hydrogen-bond donors (Lipinski definition) is 3. The summed E-state index contributed by atoms with van der Waals surface area (Å²) in [6.45, 7) is 5.86. The third kappa shape index (κ3) is 4.94. The molecule has 2 saturated carbocycles. The van der Waals surface area contributed by atoms with E-state index >= 15 is 0 Å². The first-order chi connectivity index (χ1) is 21.8. The molecule has 6 unspecified atom stereocenters. The van der Waals surface area contributed by atoms with E-state index in [0.717, 1.165) is 29.4 Å². The molecule has 0 aromatic heterocycles. The normalized spacial score (nSPS) is 29.7. The Hall–Kier alpha value is -4.00. The van der Waals surface area contributed by atoms with Gasteiger partial charge in [-0.1, -0.05) is 25.1 Å². The lowest BCUT2D eigenvalue weighted by Crippen LogP contribution is -2.74. The number of likely N-dealkylation sites (N-methyl/N-ethyl adjacent to an activating group) is 1. The third-order valence-corrected chi connectivity index (χ3v) is 10.1. The maximum Gasteiger partial charge on any atom is 0.235 e. The van der Waals surface area contributed by atoms with Crippen LogP contribution in [0.3, 0.4) is 0 Å². The first-order valence-electron chi connectivity index (χ1n) is 15.8. The molecule has 4 aliphatic rings. The van der Waals surface area contributed by atoms with E-state index in [-0.39, 0.29) is 23.9 Å². The second-order valence-electron chi connectivity index (χ2n) is 13.5. The van der Waals surface area contributed by atoms with Gasteiger partial charge in [-0.25, -0.2) is 0 Å². The SMILES string of the molecule is CCCOc1c2c(cc3ccc(CN4CC(NC(C)=O)C4)cc13)CC1CC3C(N(C)C)C(=O)C(C(N)=O)C(=O)C3(O)C(=O)C1C2=O. The van der Waals surface area contributed by atoms with Crippen molar-refractivity contribution in [3.05, 3.63) is 41.0 Å². The van der Waals surface area contributed by atoms with Crippen LogP contribution in [0.4, 0.5) is 0 Å². The van der Waals surface area contributed by atoms with E-state index in [0.29, 0.717) is 37.3 Å². The summed E-state index contributed by atoms with van der Waals surface area (Å²) in [5, 5.41) is 16.4. The maximum atomic E-state index is 14.4. The summed E-state index contributed by atoms with van der Waals surface area (Å²) in [6, 6.07) is 6.93. The van der Waals surface area contributed by atoms with Crippen molar-refractivity contribution >= 4 is 45.7 Å². The van der Waals surface area contributed by atoms with Gasteiger partial charge in [0.15, 0.2) is 34.7 Å². The van der Waals surface area contributed by atoms with Gasteiger partial charge in [0.25, 0.3) is 0 Å². The molecule has 2 aromatic rings. The van der Waals surface area contributed by atoms with E-state index in [4.69, 9.17) is 10.5 Å². The zero-order chi connectivity index (χ0) is 33.2. The van der Waals surface area contributed by atoms with Crippen molar-refractivity contribution in [2.45, 2.75) is 57.3 Å². The number of hydrogen-bond acceptors (Lipinski definition) is 10. The van der Waals surface area contributed by atoms with Crippen LogP contribution in [0.25, 0.3) is 10.8 Å². The molecule has 0 spiro atoms. The van der Waals surface area contributed by atoms with Gasteiger partial charge >= 0.3 is 0 Å². The van der Waals surface area contributed by atoms with Crippen molar-refractivity contribution in [3.63, 3.8) is 0 Å². The summed E-state index contributed by atoms with van der Waals surface area (Å²) in [6.07, 6.45) is 1.04. The fraction of sp³-hybridized carbons (Fsp3) is 0.529. The van der Waals surface area contributed by atoms with Gasteiger partial charge < -0.3 is 20.9 Å². The molecule has 1 heterocycles. The zero-order valence-corrected chi connectivity index (χ0v) is 26.5. The Morgan fingerprint density at radius 3 is 2.48 bits per heavy atom. The number of primary amides is 1. The number of nitrogens with zero attached hydrogens (tertiary/aromatic N) is 2. The molecule has 0 radical (unpaired) electrons. The summed E-state index contributed by atoms with van der Waals surface area (Å²) in [5.41, 5.74) is 4.69. The van der Waals surface area contributed by atoms with Gasteiger partial charge in [0, 0.05) is 37.9 Å². The highest BCUT2D eigenvalue weighted by Crippen LogP contribution is 2.51. The summed E-state index contributed by atoms with van der Waals surface area (Å²) in [4.78, 5) is 82.9. The molecule has 6 rings (SSSR count). The molecular formula is C34H40N4O8. The molecule has 46 heavy (non-hydrogen) atoms. The van der Waals surface area contributed by atoms with Crippen LogP contribution in [0.2, 0.25) is 0 Å². The summed E-state index contributed by atoms with van der Waals surface area (Å²) < 4.78 is 6.24. The minimum atomic E-state index is -2.71. The van der Waals surface area contributed by atoms with Crippen LogP contribution in [0.15, 0.2) is 24.3 Å². The van der Waals surface area contributed by atoms with E-state index in [1.807, 2.05) is 31.2 Å².